The molecule has 0 heterocycles. The molecule has 0 aliphatic heterocycles. The highest BCUT2D eigenvalue weighted by atomic mass is 35.5. The lowest BCUT2D eigenvalue weighted by Gasteiger charge is -2.06. The zero-order valence-corrected chi connectivity index (χ0v) is 12.6. The Morgan fingerprint density at radius 1 is 0.947 bits per heavy atom. The lowest BCUT2D eigenvalue weighted by Crippen LogP contribution is -2.05. The maximum absolute atomic E-state index is 12.2. The molecule has 100 valence electrons. The molecule has 0 unspecified atom stereocenters. The molecular weight excluding hydrogens is 303 g/mol. The first kappa shape index (κ1) is 14.4. The number of aryl methyl sites for hydroxylation is 1. The van der Waals surface area contributed by atoms with E-state index < -0.39 is 9.84 Å². The molecule has 0 aliphatic carbocycles. The van der Waals surface area contributed by atoms with Gasteiger partial charge in [-0.15, -0.1) is 0 Å². The van der Waals surface area contributed by atoms with Crippen molar-refractivity contribution >= 4 is 33.0 Å². The van der Waals surface area contributed by atoms with Crippen LogP contribution in [0.25, 0.3) is 0 Å². The smallest absolute Gasteiger partial charge is 0.182 e. The van der Waals surface area contributed by atoms with Gasteiger partial charge in [0.2, 0.25) is 0 Å². The van der Waals surface area contributed by atoms with E-state index >= 15 is 0 Å². The third-order valence-corrected chi connectivity index (χ3v) is 5.16. The molecule has 0 spiro atoms. The minimum Gasteiger partial charge on any atom is -0.223 e. The molecule has 19 heavy (non-hydrogen) atoms. The molecule has 0 aliphatic rings. The van der Waals surface area contributed by atoms with Crippen LogP contribution < -0.4 is 0 Å². The second-order valence-corrected chi connectivity index (χ2v) is 7.12. The summed E-state index contributed by atoms with van der Waals surface area (Å²) in [5.41, 5.74) is 1.64. The number of halogens is 2. The quantitative estimate of drug-likeness (QED) is 0.847. The van der Waals surface area contributed by atoms with Crippen molar-refractivity contribution < 1.29 is 8.42 Å². The molecule has 0 radical (unpaired) electrons. The predicted octanol–water partition coefficient (Wildman–Crippen LogP) is 4.28. The average molecular weight is 315 g/mol. The zero-order valence-electron chi connectivity index (χ0n) is 10.2. The first-order chi connectivity index (χ1) is 8.88. The van der Waals surface area contributed by atoms with Gasteiger partial charge >= 0.3 is 0 Å². The number of benzene rings is 2. The van der Waals surface area contributed by atoms with Crippen molar-refractivity contribution in [3.63, 3.8) is 0 Å². The van der Waals surface area contributed by atoms with Gasteiger partial charge < -0.3 is 0 Å². The van der Waals surface area contributed by atoms with E-state index in [-0.39, 0.29) is 5.75 Å². The Hall–Kier alpha value is -1.03. The molecule has 2 aromatic carbocycles. The fourth-order valence-electron chi connectivity index (χ4n) is 1.68. The Balaban J connectivity index is 2.30. The summed E-state index contributed by atoms with van der Waals surface area (Å²) in [5.74, 6) is -0.0903. The molecule has 0 bridgehead atoms. The highest BCUT2D eigenvalue weighted by molar-refractivity contribution is 7.90. The topological polar surface area (TPSA) is 34.1 Å². The number of hydrogen-bond acceptors (Lipinski definition) is 2. The molecule has 0 saturated carbocycles. The standard InChI is InChI=1S/C14H12Cl2O2S/c1-10-2-5-12(6-3-10)19(17,18)9-11-4-7-13(15)14(16)8-11/h2-8H,9H2,1H3. The van der Waals surface area contributed by atoms with Crippen LogP contribution in [-0.4, -0.2) is 8.42 Å². The van der Waals surface area contributed by atoms with Crippen LogP contribution in [0.5, 0.6) is 0 Å². The molecule has 0 atom stereocenters. The third kappa shape index (κ3) is 3.50. The summed E-state index contributed by atoms with van der Waals surface area (Å²) in [6.45, 7) is 1.91. The predicted molar refractivity (Wildman–Crippen MR) is 78.5 cm³/mol. The Kier molecular flexibility index (Phi) is 4.19. The maximum Gasteiger partial charge on any atom is 0.182 e. The van der Waals surface area contributed by atoms with E-state index in [1.165, 1.54) is 0 Å². The van der Waals surface area contributed by atoms with Gasteiger partial charge in [0, 0.05) is 0 Å². The van der Waals surface area contributed by atoms with Gasteiger partial charge in [0.25, 0.3) is 0 Å². The van der Waals surface area contributed by atoms with E-state index in [9.17, 15) is 8.42 Å². The third-order valence-electron chi connectivity index (χ3n) is 2.72. The molecule has 5 heteroatoms. The molecule has 2 nitrogen and oxygen atoms in total. The average Bonchev–Trinajstić information content (AvgIpc) is 2.34. The van der Waals surface area contributed by atoms with Gasteiger partial charge in [-0.1, -0.05) is 47.0 Å². The second kappa shape index (κ2) is 5.53. The van der Waals surface area contributed by atoms with E-state index in [1.54, 1.807) is 42.5 Å². The first-order valence-corrected chi connectivity index (χ1v) is 8.03. The summed E-state index contributed by atoms with van der Waals surface area (Å²) in [4.78, 5) is 0.309. The van der Waals surface area contributed by atoms with Gasteiger partial charge in [-0.3, -0.25) is 0 Å². The maximum atomic E-state index is 12.2. The highest BCUT2D eigenvalue weighted by Gasteiger charge is 2.15. The summed E-state index contributed by atoms with van der Waals surface area (Å²) in [5, 5.41) is 0.774. The van der Waals surface area contributed by atoms with Crippen molar-refractivity contribution in [2.24, 2.45) is 0 Å². The van der Waals surface area contributed by atoms with Gasteiger partial charge in [-0.2, -0.15) is 0 Å². The van der Waals surface area contributed by atoms with Crippen LogP contribution in [0.15, 0.2) is 47.4 Å². The fraction of sp³-hybridized carbons (Fsp3) is 0.143. The van der Waals surface area contributed by atoms with Crippen LogP contribution in [0.3, 0.4) is 0 Å². The van der Waals surface area contributed by atoms with E-state index in [4.69, 9.17) is 23.2 Å². The monoisotopic (exact) mass is 314 g/mol. The van der Waals surface area contributed by atoms with Gasteiger partial charge in [-0.05, 0) is 36.8 Å². The van der Waals surface area contributed by atoms with Crippen molar-refractivity contribution in [2.75, 3.05) is 0 Å². The van der Waals surface area contributed by atoms with Crippen molar-refractivity contribution in [1.29, 1.82) is 0 Å². The van der Waals surface area contributed by atoms with Crippen molar-refractivity contribution in [1.82, 2.24) is 0 Å². The summed E-state index contributed by atoms with van der Waals surface area (Å²) in [7, 11) is -3.36. The second-order valence-electron chi connectivity index (χ2n) is 4.32. The molecule has 0 saturated heterocycles. The van der Waals surface area contributed by atoms with Gasteiger partial charge in [0.05, 0.1) is 20.7 Å². The van der Waals surface area contributed by atoms with Crippen LogP contribution in [-0.2, 0) is 15.6 Å². The normalized spacial score (nSPS) is 11.5. The summed E-state index contributed by atoms with van der Waals surface area (Å²) in [6, 6.07) is 11.6. The van der Waals surface area contributed by atoms with Crippen molar-refractivity contribution in [3.8, 4) is 0 Å². The lowest BCUT2D eigenvalue weighted by molar-refractivity contribution is 0.595. The number of rotatable bonds is 3. The molecule has 0 amide bonds. The molecular formula is C14H12Cl2O2S. The van der Waals surface area contributed by atoms with Gasteiger partial charge in [-0.25, -0.2) is 8.42 Å². The van der Waals surface area contributed by atoms with E-state index in [2.05, 4.69) is 0 Å². The molecule has 2 aromatic rings. The van der Waals surface area contributed by atoms with Crippen LogP contribution in [0, 0.1) is 6.92 Å². The molecule has 0 N–H and O–H groups in total. The largest absolute Gasteiger partial charge is 0.223 e. The Labute approximate surface area is 122 Å². The SMILES string of the molecule is Cc1ccc(S(=O)(=O)Cc2ccc(Cl)c(Cl)c2)cc1. The van der Waals surface area contributed by atoms with Crippen LogP contribution in [0.4, 0.5) is 0 Å². The Bertz CT molecular complexity index is 692. The molecule has 0 aromatic heterocycles. The van der Waals surface area contributed by atoms with Gasteiger partial charge in [0.1, 0.15) is 0 Å². The summed E-state index contributed by atoms with van der Waals surface area (Å²) < 4.78 is 24.5. The van der Waals surface area contributed by atoms with Crippen LogP contribution in [0.1, 0.15) is 11.1 Å². The zero-order chi connectivity index (χ0) is 14.0. The van der Waals surface area contributed by atoms with Gasteiger partial charge in [0.15, 0.2) is 9.84 Å². The molecule has 0 fully saturated rings. The summed E-state index contributed by atoms with van der Waals surface area (Å²) in [6.07, 6.45) is 0. The minimum atomic E-state index is -3.36. The Morgan fingerprint density at radius 3 is 2.16 bits per heavy atom. The van der Waals surface area contributed by atoms with Crippen LogP contribution in [0.2, 0.25) is 10.0 Å². The minimum absolute atomic E-state index is 0.0903. The highest BCUT2D eigenvalue weighted by Crippen LogP contribution is 2.25. The number of hydrogen-bond donors (Lipinski definition) is 0. The fourth-order valence-corrected chi connectivity index (χ4v) is 3.33. The van der Waals surface area contributed by atoms with E-state index in [1.807, 2.05) is 6.92 Å². The van der Waals surface area contributed by atoms with Crippen molar-refractivity contribution in [2.45, 2.75) is 17.6 Å². The Morgan fingerprint density at radius 2 is 1.58 bits per heavy atom. The number of sulfone groups is 1. The van der Waals surface area contributed by atoms with Crippen molar-refractivity contribution in [3.05, 3.63) is 63.6 Å². The summed E-state index contributed by atoms with van der Waals surface area (Å²) >= 11 is 11.7. The molecule has 2 rings (SSSR count). The first-order valence-electron chi connectivity index (χ1n) is 5.62. The van der Waals surface area contributed by atoms with Crippen LogP contribution >= 0.6 is 23.2 Å². The van der Waals surface area contributed by atoms with E-state index in [0.717, 1.165) is 5.56 Å². The lowest BCUT2D eigenvalue weighted by atomic mass is 10.2. The van der Waals surface area contributed by atoms with E-state index in [0.29, 0.717) is 20.5 Å².